The number of β-amino-alcohol motifs (C(OH)–C–C–N with tert-alkyl or cyclic N) is 1. The quantitative estimate of drug-likeness (QED) is 0.920. The highest BCUT2D eigenvalue weighted by Gasteiger charge is 2.30. The van der Waals surface area contributed by atoms with Gasteiger partial charge in [0.05, 0.1) is 12.7 Å². The summed E-state index contributed by atoms with van der Waals surface area (Å²) >= 11 is 0. The zero-order valence-electron chi connectivity index (χ0n) is 12.7. The predicted molar refractivity (Wildman–Crippen MR) is 79.8 cm³/mol. The van der Waals surface area contributed by atoms with E-state index < -0.39 is 6.10 Å². The molecule has 3 heteroatoms. The van der Waals surface area contributed by atoms with Gasteiger partial charge in [0.15, 0.2) is 0 Å². The largest absolute Gasteiger partial charge is 0.493 e. The third-order valence-corrected chi connectivity index (χ3v) is 4.36. The molecular formula is C17H25NO2. The Morgan fingerprint density at radius 1 is 1.30 bits per heavy atom. The van der Waals surface area contributed by atoms with Crippen molar-refractivity contribution in [2.75, 3.05) is 13.2 Å². The van der Waals surface area contributed by atoms with E-state index in [2.05, 4.69) is 31.7 Å². The van der Waals surface area contributed by atoms with Gasteiger partial charge in [0.25, 0.3) is 0 Å². The molecule has 1 N–H and O–H groups in total. The van der Waals surface area contributed by atoms with Gasteiger partial charge in [-0.1, -0.05) is 6.07 Å². The average Bonchev–Trinajstić information content (AvgIpc) is 3.19. The summed E-state index contributed by atoms with van der Waals surface area (Å²) in [7, 11) is 0. The summed E-state index contributed by atoms with van der Waals surface area (Å²) in [6, 6.07) is 6.18. The van der Waals surface area contributed by atoms with Crippen molar-refractivity contribution in [2.24, 2.45) is 5.92 Å². The van der Waals surface area contributed by atoms with Gasteiger partial charge in [0.1, 0.15) is 5.75 Å². The van der Waals surface area contributed by atoms with E-state index in [0.717, 1.165) is 30.4 Å². The molecule has 0 amide bonds. The molecule has 1 aromatic rings. The second-order valence-corrected chi connectivity index (χ2v) is 7.18. The lowest BCUT2D eigenvalue weighted by molar-refractivity contribution is 0.0372. The van der Waals surface area contributed by atoms with Crippen molar-refractivity contribution in [3.63, 3.8) is 0 Å². The molecule has 1 aromatic carbocycles. The van der Waals surface area contributed by atoms with Crippen LogP contribution >= 0.6 is 0 Å². The Kier molecular flexibility index (Phi) is 3.51. The van der Waals surface area contributed by atoms with Crippen molar-refractivity contribution in [1.29, 1.82) is 0 Å². The Morgan fingerprint density at radius 3 is 2.70 bits per heavy atom. The number of aliphatic hydroxyl groups excluding tert-OH is 1. The van der Waals surface area contributed by atoms with Crippen LogP contribution in [-0.4, -0.2) is 28.7 Å². The first-order valence-corrected chi connectivity index (χ1v) is 7.62. The molecule has 1 aliphatic heterocycles. The first kappa shape index (κ1) is 13.9. The average molecular weight is 275 g/mol. The number of benzene rings is 1. The van der Waals surface area contributed by atoms with E-state index in [1.165, 1.54) is 18.4 Å². The van der Waals surface area contributed by atoms with Gasteiger partial charge in [-0.3, -0.25) is 4.90 Å². The van der Waals surface area contributed by atoms with E-state index in [-0.39, 0.29) is 5.54 Å². The van der Waals surface area contributed by atoms with Crippen molar-refractivity contribution in [1.82, 2.24) is 4.90 Å². The number of hydrogen-bond acceptors (Lipinski definition) is 3. The monoisotopic (exact) mass is 275 g/mol. The molecule has 1 aliphatic carbocycles. The van der Waals surface area contributed by atoms with E-state index in [1.807, 2.05) is 12.1 Å². The summed E-state index contributed by atoms with van der Waals surface area (Å²) in [6.07, 6.45) is 2.19. The molecule has 110 valence electrons. The summed E-state index contributed by atoms with van der Waals surface area (Å²) in [4.78, 5) is 2.32. The molecule has 1 fully saturated rings. The van der Waals surface area contributed by atoms with Crippen LogP contribution in [0, 0.1) is 5.92 Å². The second-order valence-electron chi connectivity index (χ2n) is 7.18. The molecule has 3 rings (SSSR count). The fraction of sp³-hybridized carbons (Fsp3) is 0.647. The van der Waals surface area contributed by atoms with E-state index in [9.17, 15) is 5.11 Å². The summed E-state index contributed by atoms with van der Waals surface area (Å²) in [6.45, 7) is 9.00. The summed E-state index contributed by atoms with van der Waals surface area (Å²) in [5.74, 6) is 1.66. The molecular weight excluding hydrogens is 250 g/mol. The number of hydrogen-bond donors (Lipinski definition) is 1. The van der Waals surface area contributed by atoms with Crippen LogP contribution in [0.5, 0.6) is 5.75 Å². The van der Waals surface area contributed by atoms with Gasteiger partial charge < -0.3 is 9.84 Å². The highest BCUT2D eigenvalue weighted by molar-refractivity contribution is 5.38. The standard InChI is InChI=1S/C17H25NO2/c1-17(2,3)18-9-13-6-7-14(20-11-12-4-5-12)8-15(13)16(19)10-18/h6-8,12,16,19H,4-5,9-11H2,1-3H3. The summed E-state index contributed by atoms with van der Waals surface area (Å²) in [5, 5.41) is 10.4. The van der Waals surface area contributed by atoms with Crippen LogP contribution in [0.4, 0.5) is 0 Å². The highest BCUT2D eigenvalue weighted by atomic mass is 16.5. The third kappa shape index (κ3) is 2.99. The van der Waals surface area contributed by atoms with Crippen molar-refractivity contribution in [2.45, 2.75) is 51.8 Å². The van der Waals surface area contributed by atoms with Crippen molar-refractivity contribution < 1.29 is 9.84 Å². The minimum Gasteiger partial charge on any atom is -0.493 e. The smallest absolute Gasteiger partial charge is 0.119 e. The van der Waals surface area contributed by atoms with E-state index >= 15 is 0 Å². The molecule has 1 atom stereocenters. The summed E-state index contributed by atoms with van der Waals surface area (Å²) in [5.41, 5.74) is 2.34. The van der Waals surface area contributed by atoms with Crippen LogP contribution in [0.1, 0.15) is 50.8 Å². The van der Waals surface area contributed by atoms with Crippen LogP contribution < -0.4 is 4.74 Å². The lowest BCUT2D eigenvalue weighted by Gasteiger charge is -2.41. The predicted octanol–water partition coefficient (Wildman–Crippen LogP) is 3.12. The molecule has 1 heterocycles. The molecule has 0 aromatic heterocycles. The lowest BCUT2D eigenvalue weighted by atomic mass is 9.93. The minimum absolute atomic E-state index is 0.0831. The maximum absolute atomic E-state index is 10.4. The molecule has 1 saturated carbocycles. The van der Waals surface area contributed by atoms with Gasteiger partial charge in [0, 0.05) is 18.6 Å². The maximum Gasteiger partial charge on any atom is 0.119 e. The second kappa shape index (κ2) is 5.05. The van der Waals surface area contributed by atoms with Crippen LogP contribution in [0.3, 0.4) is 0 Å². The number of rotatable bonds is 3. The molecule has 1 unspecified atom stereocenters. The van der Waals surface area contributed by atoms with Crippen molar-refractivity contribution in [3.05, 3.63) is 29.3 Å². The molecule has 2 aliphatic rings. The molecule has 20 heavy (non-hydrogen) atoms. The Balaban J connectivity index is 1.76. The van der Waals surface area contributed by atoms with Gasteiger partial charge in [0.2, 0.25) is 0 Å². The first-order chi connectivity index (χ1) is 9.43. The Morgan fingerprint density at radius 2 is 2.05 bits per heavy atom. The molecule has 0 spiro atoms. The lowest BCUT2D eigenvalue weighted by Crippen LogP contribution is -2.45. The molecule has 0 saturated heterocycles. The van der Waals surface area contributed by atoms with Crippen LogP contribution in [0.25, 0.3) is 0 Å². The van der Waals surface area contributed by atoms with Crippen LogP contribution in [0.15, 0.2) is 18.2 Å². The number of ether oxygens (including phenoxy) is 1. The normalized spacial score (nSPS) is 23.5. The van der Waals surface area contributed by atoms with Crippen molar-refractivity contribution >= 4 is 0 Å². The highest BCUT2D eigenvalue weighted by Crippen LogP contribution is 2.34. The molecule has 3 nitrogen and oxygen atoms in total. The maximum atomic E-state index is 10.4. The number of nitrogens with zero attached hydrogens (tertiary/aromatic N) is 1. The SMILES string of the molecule is CC(C)(C)N1Cc2ccc(OCC3CC3)cc2C(O)C1. The number of fused-ring (bicyclic) bond motifs is 1. The van der Waals surface area contributed by atoms with Crippen LogP contribution in [-0.2, 0) is 6.54 Å². The van der Waals surface area contributed by atoms with Gasteiger partial charge in [-0.15, -0.1) is 0 Å². The Labute approximate surface area is 121 Å². The van der Waals surface area contributed by atoms with E-state index in [1.54, 1.807) is 0 Å². The van der Waals surface area contributed by atoms with Gasteiger partial charge in [-0.2, -0.15) is 0 Å². The molecule has 0 radical (unpaired) electrons. The van der Waals surface area contributed by atoms with Crippen LogP contribution in [0.2, 0.25) is 0 Å². The van der Waals surface area contributed by atoms with Gasteiger partial charge in [-0.05, 0) is 62.8 Å². The Bertz CT molecular complexity index is 488. The fourth-order valence-electron chi connectivity index (χ4n) is 2.70. The minimum atomic E-state index is -0.414. The number of aliphatic hydroxyl groups is 1. The zero-order valence-corrected chi connectivity index (χ0v) is 12.7. The molecule has 0 bridgehead atoms. The third-order valence-electron chi connectivity index (χ3n) is 4.36. The van der Waals surface area contributed by atoms with Gasteiger partial charge in [-0.25, -0.2) is 0 Å². The Hall–Kier alpha value is -1.06. The zero-order chi connectivity index (χ0) is 14.3. The van der Waals surface area contributed by atoms with Crippen molar-refractivity contribution in [3.8, 4) is 5.75 Å². The van der Waals surface area contributed by atoms with Gasteiger partial charge >= 0.3 is 0 Å². The van der Waals surface area contributed by atoms with E-state index in [4.69, 9.17) is 4.74 Å². The van der Waals surface area contributed by atoms with E-state index in [0.29, 0.717) is 6.54 Å². The topological polar surface area (TPSA) is 32.7 Å². The first-order valence-electron chi connectivity index (χ1n) is 7.62. The fourth-order valence-corrected chi connectivity index (χ4v) is 2.70. The summed E-state index contributed by atoms with van der Waals surface area (Å²) < 4.78 is 5.81.